The van der Waals surface area contributed by atoms with Crippen LogP contribution in [-0.4, -0.2) is 31.3 Å². The summed E-state index contributed by atoms with van der Waals surface area (Å²) in [4.78, 5) is 24.4. The number of amides is 1. The van der Waals surface area contributed by atoms with E-state index in [0.29, 0.717) is 5.69 Å². The lowest BCUT2D eigenvalue weighted by molar-refractivity contribution is -0.144. The van der Waals surface area contributed by atoms with Crippen molar-refractivity contribution in [2.75, 3.05) is 24.8 Å². The first-order chi connectivity index (χ1) is 11.6. The number of anilines is 1. The fourth-order valence-electron chi connectivity index (χ4n) is 1.92. The molecule has 24 heavy (non-hydrogen) atoms. The van der Waals surface area contributed by atoms with Gasteiger partial charge < -0.3 is 14.8 Å². The maximum Gasteiger partial charge on any atom is 0.316 e. The number of aryl methyl sites for hydroxylation is 1. The topological polar surface area (TPSA) is 64.6 Å². The number of ether oxygens (including phenoxy) is 2. The van der Waals surface area contributed by atoms with E-state index in [4.69, 9.17) is 9.47 Å². The standard InChI is InChI=1S/C18H19NO4S/c1-13-4-3-5-14(10-13)19-17(20)11-23-18(21)12-24-16-8-6-15(22-2)7-9-16/h3-10H,11-12H2,1-2H3,(H,19,20). The van der Waals surface area contributed by atoms with Gasteiger partial charge in [0.1, 0.15) is 5.75 Å². The molecule has 0 fully saturated rings. The van der Waals surface area contributed by atoms with E-state index in [1.807, 2.05) is 49.4 Å². The van der Waals surface area contributed by atoms with Gasteiger partial charge in [0.05, 0.1) is 12.9 Å². The quantitative estimate of drug-likeness (QED) is 0.616. The predicted molar refractivity (Wildman–Crippen MR) is 94.5 cm³/mol. The van der Waals surface area contributed by atoms with Gasteiger partial charge in [0.2, 0.25) is 0 Å². The largest absolute Gasteiger partial charge is 0.497 e. The second-order valence-corrected chi connectivity index (χ2v) is 6.09. The van der Waals surface area contributed by atoms with Crippen LogP contribution < -0.4 is 10.1 Å². The highest BCUT2D eigenvalue weighted by atomic mass is 32.2. The lowest BCUT2D eigenvalue weighted by Crippen LogP contribution is -2.21. The van der Waals surface area contributed by atoms with Crippen LogP contribution in [0.5, 0.6) is 5.75 Å². The molecular formula is C18H19NO4S. The molecule has 0 heterocycles. The first-order valence-corrected chi connectivity index (χ1v) is 8.34. The van der Waals surface area contributed by atoms with Crippen LogP contribution >= 0.6 is 11.8 Å². The number of methoxy groups -OCH3 is 1. The Kier molecular flexibility index (Phi) is 6.69. The Morgan fingerprint density at radius 1 is 1.12 bits per heavy atom. The van der Waals surface area contributed by atoms with E-state index in [2.05, 4.69) is 5.32 Å². The summed E-state index contributed by atoms with van der Waals surface area (Å²) in [5.41, 5.74) is 1.73. The number of thioether (sulfide) groups is 1. The van der Waals surface area contributed by atoms with Crippen molar-refractivity contribution in [2.45, 2.75) is 11.8 Å². The monoisotopic (exact) mass is 345 g/mol. The van der Waals surface area contributed by atoms with Gasteiger partial charge in [-0.2, -0.15) is 0 Å². The molecule has 2 aromatic rings. The molecule has 0 aliphatic rings. The lowest BCUT2D eigenvalue weighted by Gasteiger charge is -2.07. The van der Waals surface area contributed by atoms with Gasteiger partial charge in [-0.1, -0.05) is 12.1 Å². The van der Waals surface area contributed by atoms with E-state index in [0.717, 1.165) is 16.2 Å². The number of nitrogens with one attached hydrogen (secondary N) is 1. The Morgan fingerprint density at radius 3 is 2.54 bits per heavy atom. The van der Waals surface area contributed by atoms with Crippen LogP contribution in [0, 0.1) is 6.92 Å². The lowest BCUT2D eigenvalue weighted by atomic mass is 10.2. The Labute approximate surface area is 145 Å². The first kappa shape index (κ1) is 17.9. The highest BCUT2D eigenvalue weighted by Gasteiger charge is 2.09. The molecule has 0 bridgehead atoms. The van der Waals surface area contributed by atoms with Crippen LogP contribution in [0.1, 0.15) is 5.56 Å². The predicted octanol–water partition coefficient (Wildman–Crippen LogP) is 3.28. The van der Waals surface area contributed by atoms with E-state index in [1.165, 1.54) is 11.8 Å². The highest BCUT2D eigenvalue weighted by Crippen LogP contribution is 2.21. The van der Waals surface area contributed by atoms with E-state index >= 15 is 0 Å². The van der Waals surface area contributed by atoms with Gasteiger partial charge in [-0.3, -0.25) is 9.59 Å². The summed E-state index contributed by atoms with van der Waals surface area (Å²) in [6.07, 6.45) is 0. The molecule has 6 heteroatoms. The van der Waals surface area contributed by atoms with Crippen LogP contribution in [0.25, 0.3) is 0 Å². The Bertz CT molecular complexity index is 700. The maximum atomic E-state index is 11.8. The third kappa shape index (κ3) is 5.96. The van der Waals surface area contributed by atoms with Crippen molar-refractivity contribution in [3.05, 3.63) is 54.1 Å². The molecule has 0 spiro atoms. The van der Waals surface area contributed by atoms with Gasteiger partial charge in [-0.25, -0.2) is 0 Å². The van der Waals surface area contributed by atoms with Gasteiger partial charge in [0, 0.05) is 10.6 Å². The van der Waals surface area contributed by atoms with E-state index in [1.54, 1.807) is 13.2 Å². The van der Waals surface area contributed by atoms with E-state index in [9.17, 15) is 9.59 Å². The molecule has 2 rings (SSSR count). The van der Waals surface area contributed by atoms with Crippen LogP contribution in [0.2, 0.25) is 0 Å². The molecule has 0 atom stereocenters. The second-order valence-electron chi connectivity index (χ2n) is 5.04. The third-order valence-electron chi connectivity index (χ3n) is 3.08. The number of hydrogen-bond acceptors (Lipinski definition) is 5. The summed E-state index contributed by atoms with van der Waals surface area (Å²) in [6.45, 7) is 1.64. The van der Waals surface area contributed by atoms with Crippen molar-refractivity contribution < 1.29 is 19.1 Å². The second kappa shape index (κ2) is 8.98. The molecule has 0 aliphatic carbocycles. The fourth-order valence-corrected chi connectivity index (χ4v) is 2.62. The minimum Gasteiger partial charge on any atom is -0.497 e. The Morgan fingerprint density at radius 2 is 1.88 bits per heavy atom. The number of hydrogen-bond donors (Lipinski definition) is 1. The number of esters is 1. The molecule has 2 aromatic carbocycles. The zero-order valence-electron chi connectivity index (χ0n) is 13.6. The molecule has 5 nitrogen and oxygen atoms in total. The summed E-state index contributed by atoms with van der Waals surface area (Å²) in [5.74, 6) is 0.109. The number of rotatable bonds is 7. The molecule has 1 amide bonds. The molecular weight excluding hydrogens is 326 g/mol. The normalized spacial score (nSPS) is 10.1. The van der Waals surface area contributed by atoms with Crippen molar-refractivity contribution in [1.82, 2.24) is 0 Å². The van der Waals surface area contributed by atoms with Gasteiger partial charge in [-0.05, 0) is 48.9 Å². The number of carbonyl (C=O) groups is 2. The molecule has 1 N–H and O–H groups in total. The van der Waals surface area contributed by atoms with Crippen LogP contribution in [-0.2, 0) is 14.3 Å². The zero-order valence-corrected chi connectivity index (χ0v) is 14.4. The highest BCUT2D eigenvalue weighted by molar-refractivity contribution is 8.00. The SMILES string of the molecule is COc1ccc(SCC(=O)OCC(=O)Nc2cccc(C)c2)cc1. The summed E-state index contributed by atoms with van der Waals surface area (Å²) in [5, 5.41) is 2.69. The average molecular weight is 345 g/mol. The number of carbonyl (C=O) groups excluding carboxylic acids is 2. The first-order valence-electron chi connectivity index (χ1n) is 7.36. The van der Waals surface area contributed by atoms with Gasteiger partial charge in [0.15, 0.2) is 6.61 Å². The maximum absolute atomic E-state index is 11.8. The van der Waals surface area contributed by atoms with Crippen LogP contribution in [0.4, 0.5) is 5.69 Å². The molecule has 0 saturated heterocycles. The molecule has 0 unspecified atom stereocenters. The summed E-state index contributed by atoms with van der Waals surface area (Å²) >= 11 is 1.34. The van der Waals surface area contributed by atoms with Gasteiger partial charge in [0.25, 0.3) is 5.91 Å². The smallest absolute Gasteiger partial charge is 0.316 e. The summed E-state index contributed by atoms with van der Waals surface area (Å²) < 4.78 is 10.0. The molecule has 126 valence electrons. The molecule has 0 saturated carbocycles. The van der Waals surface area contributed by atoms with E-state index < -0.39 is 5.97 Å². The van der Waals surface area contributed by atoms with Crippen molar-refractivity contribution in [3.63, 3.8) is 0 Å². The molecule has 0 radical (unpaired) electrons. The molecule has 0 aromatic heterocycles. The van der Waals surface area contributed by atoms with Crippen molar-refractivity contribution in [2.24, 2.45) is 0 Å². The van der Waals surface area contributed by atoms with Gasteiger partial charge in [-0.15, -0.1) is 11.8 Å². The Hall–Kier alpha value is -2.47. The van der Waals surface area contributed by atoms with Crippen molar-refractivity contribution >= 4 is 29.3 Å². The van der Waals surface area contributed by atoms with Gasteiger partial charge >= 0.3 is 5.97 Å². The van der Waals surface area contributed by atoms with Crippen LogP contribution in [0.15, 0.2) is 53.4 Å². The minimum absolute atomic E-state index is 0.143. The average Bonchev–Trinajstić information content (AvgIpc) is 2.58. The molecule has 0 aliphatic heterocycles. The zero-order chi connectivity index (χ0) is 17.4. The van der Waals surface area contributed by atoms with Crippen molar-refractivity contribution in [1.29, 1.82) is 0 Å². The summed E-state index contributed by atoms with van der Waals surface area (Å²) in [6, 6.07) is 14.8. The third-order valence-corrected chi connectivity index (χ3v) is 4.07. The number of benzene rings is 2. The minimum atomic E-state index is -0.435. The van der Waals surface area contributed by atoms with Crippen LogP contribution in [0.3, 0.4) is 0 Å². The van der Waals surface area contributed by atoms with Crippen molar-refractivity contribution in [3.8, 4) is 5.75 Å². The fraction of sp³-hybridized carbons (Fsp3) is 0.222. The Balaban J connectivity index is 1.71. The van der Waals surface area contributed by atoms with E-state index in [-0.39, 0.29) is 18.3 Å². The summed E-state index contributed by atoms with van der Waals surface area (Å²) in [7, 11) is 1.60.